The molecular weight excluding hydrogens is 412 g/mol. The molecule has 1 N–H and O–H groups in total. The molecule has 30 heavy (non-hydrogen) atoms. The zero-order chi connectivity index (χ0) is 22.1. The van der Waals surface area contributed by atoms with E-state index in [0.29, 0.717) is 34.1 Å². The molecule has 0 amide bonds. The molecule has 1 atom stereocenters. The van der Waals surface area contributed by atoms with Gasteiger partial charge in [0.2, 0.25) is 0 Å². The van der Waals surface area contributed by atoms with Crippen LogP contribution in [0.15, 0.2) is 35.7 Å². The molecule has 8 nitrogen and oxygen atoms in total. The maximum atomic E-state index is 12.6. The number of carbonyl (C=O) groups excluding carboxylic acids is 1. The number of rotatable bonds is 10. The van der Waals surface area contributed by atoms with Crippen LogP contribution in [0.5, 0.6) is 28.7 Å². The number of ether oxygens (including phenoxy) is 5. The average molecular weight is 436 g/mol. The van der Waals surface area contributed by atoms with Crippen molar-refractivity contribution >= 4 is 22.8 Å². The first-order valence-electron chi connectivity index (χ1n) is 8.79. The molecule has 9 heteroatoms. The number of aliphatic hydroxyl groups is 1. The van der Waals surface area contributed by atoms with Crippen molar-refractivity contribution in [3.63, 3.8) is 0 Å². The van der Waals surface area contributed by atoms with E-state index in [-0.39, 0.29) is 11.5 Å². The summed E-state index contributed by atoms with van der Waals surface area (Å²) in [4.78, 5) is 11.4. The highest BCUT2D eigenvalue weighted by molar-refractivity contribution is 7.87. The first-order chi connectivity index (χ1) is 14.4. The number of methoxy groups -OCH3 is 4. The van der Waals surface area contributed by atoms with Crippen molar-refractivity contribution in [3.8, 4) is 28.7 Å². The van der Waals surface area contributed by atoms with Gasteiger partial charge in [0.15, 0.2) is 11.5 Å². The molecule has 162 valence electrons. The highest BCUT2D eigenvalue weighted by Gasteiger charge is 2.13. The summed E-state index contributed by atoms with van der Waals surface area (Å²) in [6, 6.07) is 8.28. The van der Waals surface area contributed by atoms with Gasteiger partial charge in [-0.2, -0.15) is 0 Å². The number of hydrogen-bond donors (Lipinski definition) is 1. The number of aliphatic hydroxyl groups excluding tert-OH is 1. The van der Waals surface area contributed by atoms with Crippen LogP contribution in [0, 0.1) is 0 Å². The maximum Gasteiger partial charge on any atom is 0.337 e. The summed E-state index contributed by atoms with van der Waals surface area (Å²) in [5.74, 6) is 1.44. The Kier molecular flexibility index (Phi) is 8.70. The second-order valence-corrected chi connectivity index (χ2v) is 7.21. The molecule has 0 spiro atoms. The third-order valence-corrected chi connectivity index (χ3v) is 5.09. The Labute approximate surface area is 177 Å². The lowest BCUT2D eigenvalue weighted by Crippen LogP contribution is -2.13. The minimum absolute atomic E-state index is 0.147. The quantitative estimate of drug-likeness (QED) is 0.448. The topological polar surface area (TPSA) is 101 Å². The summed E-state index contributed by atoms with van der Waals surface area (Å²) in [5.41, 5.74) is 1.29. The van der Waals surface area contributed by atoms with E-state index in [1.807, 2.05) is 0 Å². The molecule has 0 aliphatic rings. The van der Waals surface area contributed by atoms with E-state index < -0.39 is 23.4 Å². The fourth-order valence-corrected chi connectivity index (χ4v) is 3.49. The predicted molar refractivity (Wildman–Crippen MR) is 113 cm³/mol. The third-order valence-electron chi connectivity index (χ3n) is 4.03. The van der Waals surface area contributed by atoms with E-state index in [4.69, 9.17) is 28.8 Å². The van der Waals surface area contributed by atoms with Gasteiger partial charge >= 0.3 is 5.97 Å². The van der Waals surface area contributed by atoms with Crippen LogP contribution in [0.2, 0.25) is 0 Å². The Balaban J connectivity index is 2.22. The van der Waals surface area contributed by atoms with Gasteiger partial charge in [-0.15, -0.1) is 0 Å². The molecular formula is C21H24O8S. The molecule has 0 radical (unpaired) electrons. The van der Waals surface area contributed by atoms with Gasteiger partial charge in [-0.25, -0.2) is 4.79 Å². The van der Waals surface area contributed by atoms with Crippen LogP contribution in [0.3, 0.4) is 0 Å². The van der Waals surface area contributed by atoms with E-state index in [9.17, 15) is 9.00 Å². The van der Waals surface area contributed by atoms with Crippen molar-refractivity contribution in [2.75, 3.05) is 35.0 Å². The molecule has 0 saturated carbocycles. The molecule has 0 aromatic heterocycles. The third kappa shape index (κ3) is 5.98. The van der Waals surface area contributed by atoms with Crippen LogP contribution in [0.25, 0.3) is 6.08 Å². The number of esters is 1. The molecule has 2 aromatic carbocycles. The van der Waals surface area contributed by atoms with Crippen molar-refractivity contribution < 1.29 is 37.8 Å². The normalized spacial score (nSPS) is 11.8. The highest BCUT2D eigenvalue weighted by Crippen LogP contribution is 2.35. The Morgan fingerprint density at radius 2 is 1.57 bits per heavy atom. The average Bonchev–Trinajstić information content (AvgIpc) is 2.77. The van der Waals surface area contributed by atoms with Crippen LogP contribution in [-0.2, 0) is 21.3 Å². The lowest BCUT2D eigenvalue weighted by atomic mass is 10.1. The number of carbonyl (C=O) groups is 1. The van der Waals surface area contributed by atoms with Crippen molar-refractivity contribution in [1.82, 2.24) is 0 Å². The second-order valence-electron chi connectivity index (χ2n) is 5.89. The molecule has 2 rings (SSSR count). The largest absolute Gasteiger partial charge is 0.496 e. The van der Waals surface area contributed by atoms with Gasteiger partial charge in [0.1, 0.15) is 23.9 Å². The van der Waals surface area contributed by atoms with Crippen molar-refractivity contribution in [2.24, 2.45) is 0 Å². The molecule has 0 aliphatic carbocycles. The molecule has 0 bridgehead atoms. The van der Waals surface area contributed by atoms with Gasteiger partial charge < -0.3 is 28.8 Å². The first-order valence-corrected chi connectivity index (χ1v) is 10.2. The second kappa shape index (κ2) is 11.2. The Bertz CT molecular complexity index is 914. The van der Waals surface area contributed by atoms with Crippen LogP contribution in [0.4, 0.5) is 0 Å². The van der Waals surface area contributed by atoms with E-state index in [2.05, 4.69) is 0 Å². The highest BCUT2D eigenvalue weighted by atomic mass is 32.2. The summed E-state index contributed by atoms with van der Waals surface area (Å²) >= 11 is 0. The smallest absolute Gasteiger partial charge is 0.337 e. The van der Waals surface area contributed by atoms with Gasteiger partial charge in [0, 0.05) is 17.5 Å². The van der Waals surface area contributed by atoms with Crippen LogP contribution in [-0.4, -0.2) is 50.3 Å². The predicted octanol–water partition coefficient (Wildman–Crippen LogP) is 2.54. The SMILES string of the molecule is COc1cc(OC)c(C=CS(=O)Cc2ccc(OC)c(OC(=O)CO)c2)c(OC)c1. The molecule has 0 aliphatic heterocycles. The Morgan fingerprint density at radius 1 is 0.933 bits per heavy atom. The zero-order valence-corrected chi connectivity index (χ0v) is 18.0. The fraction of sp³-hybridized carbons (Fsp3) is 0.286. The summed E-state index contributed by atoms with van der Waals surface area (Å²) in [6.45, 7) is -0.756. The molecule has 0 saturated heterocycles. The van der Waals surface area contributed by atoms with Crippen LogP contribution < -0.4 is 23.7 Å². The first kappa shape index (κ1) is 23.2. The van der Waals surface area contributed by atoms with Crippen LogP contribution in [0.1, 0.15) is 11.1 Å². The van der Waals surface area contributed by atoms with Gasteiger partial charge in [0.25, 0.3) is 0 Å². The van der Waals surface area contributed by atoms with Gasteiger partial charge in [0.05, 0.1) is 50.6 Å². The van der Waals surface area contributed by atoms with Crippen LogP contribution >= 0.6 is 0 Å². The molecule has 1 unspecified atom stereocenters. The van der Waals surface area contributed by atoms with Gasteiger partial charge in [-0.3, -0.25) is 4.21 Å². The lowest BCUT2D eigenvalue weighted by molar-refractivity contribution is -0.137. The van der Waals surface area contributed by atoms with Gasteiger partial charge in [-0.1, -0.05) is 6.07 Å². The van der Waals surface area contributed by atoms with E-state index in [1.54, 1.807) is 43.5 Å². The van der Waals surface area contributed by atoms with E-state index in [0.717, 1.165) is 0 Å². The maximum absolute atomic E-state index is 12.6. The zero-order valence-electron chi connectivity index (χ0n) is 17.2. The summed E-state index contributed by atoms with van der Waals surface area (Å²) in [5, 5.41) is 10.4. The van der Waals surface area contributed by atoms with E-state index in [1.165, 1.54) is 26.7 Å². The fourth-order valence-electron chi connectivity index (χ4n) is 2.60. The summed E-state index contributed by atoms with van der Waals surface area (Å²) in [7, 11) is 4.64. The Hall–Kier alpha value is -3.04. The minimum atomic E-state index is -1.38. The van der Waals surface area contributed by atoms with Crippen molar-refractivity contribution in [3.05, 3.63) is 46.9 Å². The molecule has 2 aromatic rings. The number of benzene rings is 2. The molecule has 0 heterocycles. The monoisotopic (exact) mass is 436 g/mol. The number of hydrogen-bond acceptors (Lipinski definition) is 8. The Morgan fingerprint density at radius 3 is 2.10 bits per heavy atom. The lowest BCUT2D eigenvalue weighted by Gasteiger charge is -2.12. The standard InChI is InChI=1S/C21H24O8S/c1-25-15-10-18(27-3)16(19(11-15)28-4)7-8-30(24)13-14-5-6-17(26-2)20(9-14)29-21(23)12-22/h5-11,22H,12-13H2,1-4H3. The van der Waals surface area contributed by atoms with Crippen molar-refractivity contribution in [2.45, 2.75) is 5.75 Å². The van der Waals surface area contributed by atoms with Gasteiger partial charge in [-0.05, 0) is 23.8 Å². The summed E-state index contributed by atoms with van der Waals surface area (Å²) in [6.07, 6.45) is 1.66. The summed E-state index contributed by atoms with van der Waals surface area (Å²) < 4.78 is 38.7. The molecule has 0 fully saturated rings. The van der Waals surface area contributed by atoms with E-state index >= 15 is 0 Å². The minimum Gasteiger partial charge on any atom is -0.496 e. The van der Waals surface area contributed by atoms with Crippen molar-refractivity contribution in [1.29, 1.82) is 0 Å².